The second-order valence-corrected chi connectivity index (χ2v) is 8.22. The van der Waals surface area contributed by atoms with Crippen molar-refractivity contribution in [2.24, 2.45) is 5.92 Å². The first-order chi connectivity index (χ1) is 10.2. The van der Waals surface area contributed by atoms with Gasteiger partial charge in [0, 0.05) is 30.1 Å². The van der Waals surface area contributed by atoms with Crippen molar-refractivity contribution in [3.05, 3.63) is 21.4 Å². The minimum atomic E-state index is 0.274. The molecule has 1 N–H and O–H groups in total. The fraction of sp³-hybridized carbons (Fsp3) is 0.706. The molecule has 1 aromatic heterocycles. The van der Waals surface area contributed by atoms with Crippen LogP contribution in [0.5, 0.6) is 0 Å². The van der Waals surface area contributed by atoms with Gasteiger partial charge in [-0.15, -0.1) is 11.3 Å². The van der Waals surface area contributed by atoms with Crippen LogP contribution < -0.4 is 5.32 Å². The summed E-state index contributed by atoms with van der Waals surface area (Å²) in [7, 11) is 0. The van der Waals surface area contributed by atoms with Crippen LogP contribution in [0, 0.1) is 5.92 Å². The van der Waals surface area contributed by atoms with Gasteiger partial charge in [0.05, 0.1) is 4.88 Å². The van der Waals surface area contributed by atoms with Crippen LogP contribution in [0.3, 0.4) is 0 Å². The Balaban J connectivity index is 1.52. The van der Waals surface area contributed by atoms with E-state index in [9.17, 15) is 4.79 Å². The number of fused-ring (bicyclic) bond motifs is 3. The Kier molecular flexibility index (Phi) is 3.54. The van der Waals surface area contributed by atoms with E-state index < -0.39 is 0 Å². The summed E-state index contributed by atoms with van der Waals surface area (Å²) in [5, 5.41) is 3.65. The highest BCUT2D eigenvalue weighted by atomic mass is 32.1. The molecule has 1 aromatic rings. The Morgan fingerprint density at radius 1 is 1.29 bits per heavy atom. The molecule has 3 atom stereocenters. The number of rotatable bonds is 1. The molecule has 114 valence electrons. The highest BCUT2D eigenvalue weighted by Crippen LogP contribution is 2.33. The summed E-state index contributed by atoms with van der Waals surface area (Å²) in [4.78, 5) is 17.4. The van der Waals surface area contributed by atoms with Gasteiger partial charge in [0.1, 0.15) is 0 Å². The van der Waals surface area contributed by atoms with Crippen LogP contribution in [0.4, 0.5) is 0 Å². The number of likely N-dealkylation sites (tertiary alicyclic amines) is 1. The molecule has 1 aliphatic carbocycles. The average molecular weight is 304 g/mol. The fourth-order valence-corrected chi connectivity index (χ4v) is 5.27. The number of amides is 1. The van der Waals surface area contributed by atoms with Gasteiger partial charge in [-0.2, -0.15) is 0 Å². The van der Waals surface area contributed by atoms with Gasteiger partial charge in [-0.25, -0.2) is 0 Å². The van der Waals surface area contributed by atoms with Gasteiger partial charge in [0.25, 0.3) is 5.91 Å². The van der Waals surface area contributed by atoms with Crippen LogP contribution in [0.25, 0.3) is 0 Å². The van der Waals surface area contributed by atoms with Crippen molar-refractivity contribution >= 4 is 17.2 Å². The number of hydrogen-bond donors (Lipinski definition) is 1. The number of carbonyl (C=O) groups excluding carboxylic acids is 1. The molecule has 1 amide bonds. The molecular formula is C17H24N2OS. The smallest absolute Gasteiger partial charge is 0.263 e. The molecule has 2 saturated heterocycles. The Morgan fingerprint density at radius 2 is 2.14 bits per heavy atom. The third-order valence-corrected chi connectivity index (χ3v) is 6.58. The van der Waals surface area contributed by atoms with Gasteiger partial charge in [0.2, 0.25) is 0 Å². The van der Waals surface area contributed by atoms with E-state index in [1.807, 2.05) is 0 Å². The van der Waals surface area contributed by atoms with Gasteiger partial charge in [-0.05, 0) is 56.1 Å². The van der Waals surface area contributed by atoms with Crippen molar-refractivity contribution in [2.75, 3.05) is 13.1 Å². The largest absolute Gasteiger partial charge is 0.336 e. The first-order valence-electron chi connectivity index (χ1n) is 8.36. The lowest BCUT2D eigenvalue weighted by atomic mass is 9.90. The summed E-state index contributed by atoms with van der Waals surface area (Å²) in [5.74, 6) is 1.05. The van der Waals surface area contributed by atoms with Gasteiger partial charge in [-0.1, -0.05) is 6.92 Å². The van der Waals surface area contributed by atoms with Crippen LogP contribution >= 0.6 is 11.3 Å². The van der Waals surface area contributed by atoms with E-state index in [0.29, 0.717) is 12.1 Å². The maximum absolute atomic E-state index is 12.8. The van der Waals surface area contributed by atoms with Gasteiger partial charge in [0.15, 0.2) is 0 Å². The van der Waals surface area contributed by atoms with Gasteiger partial charge < -0.3 is 10.2 Å². The van der Waals surface area contributed by atoms with Crippen molar-refractivity contribution in [2.45, 2.75) is 57.5 Å². The second kappa shape index (κ2) is 5.40. The molecule has 3 heterocycles. The van der Waals surface area contributed by atoms with Gasteiger partial charge in [-0.3, -0.25) is 4.79 Å². The zero-order valence-electron chi connectivity index (χ0n) is 12.7. The Bertz CT molecular complexity index is 553. The monoisotopic (exact) mass is 304 g/mol. The Morgan fingerprint density at radius 3 is 3.05 bits per heavy atom. The van der Waals surface area contributed by atoms with Gasteiger partial charge >= 0.3 is 0 Å². The third-order valence-electron chi connectivity index (χ3n) is 5.35. The molecule has 4 rings (SSSR count). The van der Waals surface area contributed by atoms with E-state index in [2.05, 4.69) is 23.2 Å². The summed E-state index contributed by atoms with van der Waals surface area (Å²) in [6.45, 7) is 4.14. The number of hydrogen-bond acceptors (Lipinski definition) is 3. The lowest BCUT2D eigenvalue weighted by Crippen LogP contribution is -2.38. The van der Waals surface area contributed by atoms with E-state index in [1.54, 1.807) is 11.3 Å². The van der Waals surface area contributed by atoms with Crippen LogP contribution in [0.15, 0.2) is 6.07 Å². The summed E-state index contributed by atoms with van der Waals surface area (Å²) in [5.41, 5.74) is 1.44. The number of nitrogens with one attached hydrogen (secondary N) is 1. The first kappa shape index (κ1) is 13.8. The van der Waals surface area contributed by atoms with E-state index in [-0.39, 0.29) is 5.91 Å². The number of thiophene rings is 1. The van der Waals surface area contributed by atoms with Crippen molar-refractivity contribution in [3.63, 3.8) is 0 Å². The molecule has 21 heavy (non-hydrogen) atoms. The van der Waals surface area contributed by atoms with Crippen molar-refractivity contribution in [3.8, 4) is 0 Å². The quantitative estimate of drug-likeness (QED) is 0.865. The number of aryl methyl sites for hydroxylation is 1. The minimum Gasteiger partial charge on any atom is -0.336 e. The molecule has 2 bridgehead atoms. The standard InChI is InChI=1S/C17H24N2OS/c1-11-2-5-15-12(8-11)9-16(21-15)17(20)19-7-6-13-3-4-14(10-19)18-13/h9,11,13-14,18H,2-8,10H2,1H3. The zero-order valence-corrected chi connectivity index (χ0v) is 13.5. The summed E-state index contributed by atoms with van der Waals surface area (Å²) >= 11 is 1.75. The maximum atomic E-state index is 12.8. The van der Waals surface area contributed by atoms with Crippen molar-refractivity contribution in [1.82, 2.24) is 10.2 Å². The second-order valence-electron chi connectivity index (χ2n) is 7.08. The predicted molar refractivity (Wildman–Crippen MR) is 86.0 cm³/mol. The maximum Gasteiger partial charge on any atom is 0.263 e. The fourth-order valence-electron chi connectivity index (χ4n) is 4.09. The van der Waals surface area contributed by atoms with Crippen LogP contribution in [0.2, 0.25) is 0 Å². The Hall–Kier alpha value is -0.870. The van der Waals surface area contributed by atoms with Crippen LogP contribution in [-0.2, 0) is 12.8 Å². The molecule has 4 heteroatoms. The highest BCUT2D eigenvalue weighted by molar-refractivity contribution is 7.14. The van der Waals surface area contributed by atoms with Crippen LogP contribution in [0.1, 0.15) is 52.7 Å². The topological polar surface area (TPSA) is 32.3 Å². The minimum absolute atomic E-state index is 0.274. The molecule has 0 spiro atoms. The third kappa shape index (κ3) is 2.64. The number of carbonyl (C=O) groups is 1. The van der Waals surface area contributed by atoms with E-state index in [0.717, 1.165) is 36.7 Å². The molecule has 3 aliphatic rings. The predicted octanol–water partition coefficient (Wildman–Crippen LogP) is 2.84. The average Bonchev–Trinajstić information content (AvgIpc) is 3.01. The lowest BCUT2D eigenvalue weighted by molar-refractivity contribution is 0.0753. The summed E-state index contributed by atoms with van der Waals surface area (Å²) in [6.07, 6.45) is 7.24. The Labute approximate surface area is 130 Å². The van der Waals surface area contributed by atoms with E-state index >= 15 is 0 Å². The molecule has 0 radical (unpaired) electrons. The van der Waals surface area contributed by atoms with Crippen LogP contribution in [-0.4, -0.2) is 36.0 Å². The van der Waals surface area contributed by atoms with E-state index in [4.69, 9.17) is 0 Å². The van der Waals surface area contributed by atoms with Crippen molar-refractivity contribution < 1.29 is 4.79 Å². The molecule has 3 nitrogen and oxygen atoms in total. The lowest BCUT2D eigenvalue weighted by Gasteiger charge is -2.23. The highest BCUT2D eigenvalue weighted by Gasteiger charge is 2.32. The molecular weight excluding hydrogens is 280 g/mol. The molecule has 2 fully saturated rings. The summed E-state index contributed by atoms with van der Waals surface area (Å²) in [6, 6.07) is 3.36. The normalized spacial score (nSPS) is 31.9. The zero-order chi connectivity index (χ0) is 14.4. The molecule has 0 aromatic carbocycles. The molecule has 0 saturated carbocycles. The van der Waals surface area contributed by atoms with E-state index in [1.165, 1.54) is 36.1 Å². The SMILES string of the molecule is CC1CCc2sc(C(=O)N3CCC4CCC(C3)N4)cc2C1. The molecule has 3 unspecified atom stereocenters. The molecule has 2 aliphatic heterocycles. The first-order valence-corrected chi connectivity index (χ1v) is 9.17. The van der Waals surface area contributed by atoms with Crippen molar-refractivity contribution in [1.29, 1.82) is 0 Å². The summed E-state index contributed by atoms with van der Waals surface area (Å²) < 4.78 is 0. The number of nitrogens with zero attached hydrogens (tertiary/aromatic N) is 1.